The van der Waals surface area contributed by atoms with Gasteiger partial charge in [0.1, 0.15) is 0 Å². The molecule has 0 atom stereocenters. The maximum absolute atomic E-state index is 13.2. The summed E-state index contributed by atoms with van der Waals surface area (Å²) in [5, 5.41) is 8.22. The van der Waals surface area contributed by atoms with Crippen molar-refractivity contribution in [2.24, 2.45) is 0 Å². The maximum Gasteiger partial charge on any atom is 0.256 e. The quantitative estimate of drug-likeness (QED) is 0.437. The summed E-state index contributed by atoms with van der Waals surface area (Å²) >= 11 is 0. The first-order chi connectivity index (χ1) is 16.3. The first-order valence-electron chi connectivity index (χ1n) is 11.4. The number of carbonyl (C=O) groups is 2. The molecule has 1 N–H and O–H groups in total. The smallest absolute Gasteiger partial charge is 0.256 e. The molecule has 0 bridgehead atoms. The van der Waals surface area contributed by atoms with Crippen molar-refractivity contribution in [1.82, 2.24) is 19.7 Å². The number of amides is 2. The molecule has 4 rings (SSSR count). The number of benzene rings is 2. The highest BCUT2D eigenvalue weighted by Crippen LogP contribution is 2.21. The molecule has 2 amide bonds. The van der Waals surface area contributed by atoms with Crippen LogP contribution in [0.1, 0.15) is 46.6 Å². The molecule has 0 unspecified atom stereocenters. The van der Waals surface area contributed by atoms with Gasteiger partial charge in [-0.25, -0.2) is 9.67 Å². The van der Waals surface area contributed by atoms with Crippen LogP contribution in [0, 0.1) is 13.8 Å². The highest BCUT2D eigenvalue weighted by atomic mass is 16.2. The van der Waals surface area contributed by atoms with Crippen LogP contribution in [0.2, 0.25) is 0 Å². The average molecular weight is 456 g/mol. The summed E-state index contributed by atoms with van der Waals surface area (Å²) < 4.78 is 1.82. The number of aromatic nitrogens is 3. The van der Waals surface area contributed by atoms with Crippen molar-refractivity contribution in [1.29, 1.82) is 0 Å². The Hall–Kier alpha value is -4.00. The minimum absolute atomic E-state index is 0.0224. The minimum atomic E-state index is -0.221. The van der Waals surface area contributed by atoms with Gasteiger partial charge in [0.25, 0.3) is 5.91 Å². The Morgan fingerprint density at radius 2 is 1.79 bits per heavy atom. The van der Waals surface area contributed by atoms with E-state index in [1.165, 1.54) is 5.56 Å². The average Bonchev–Trinajstić information content (AvgIpc) is 3.20. The summed E-state index contributed by atoms with van der Waals surface area (Å²) in [7, 11) is 0. The minimum Gasteiger partial charge on any atom is -0.339 e. The van der Waals surface area contributed by atoms with Gasteiger partial charge >= 0.3 is 0 Å². The van der Waals surface area contributed by atoms with Gasteiger partial charge in [0.2, 0.25) is 5.91 Å². The summed E-state index contributed by atoms with van der Waals surface area (Å²) in [6.07, 6.45) is 1.70. The number of hydrogen-bond acceptors (Lipinski definition) is 4. The van der Waals surface area contributed by atoms with Gasteiger partial charge < -0.3 is 10.2 Å². The zero-order valence-electron chi connectivity index (χ0n) is 20.0. The first kappa shape index (κ1) is 23.2. The number of rotatable bonds is 7. The monoisotopic (exact) mass is 455 g/mol. The molecule has 7 nitrogen and oxygen atoms in total. The molecule has 2 aromatic heterocycles. The molecule has 174 valence electrons. The molecule has 0 saturated carbocycles. The summed E-state index contributed by atoms with van der Waals surface area (Å²) in [5.41, 5.74) is 5.91. The van der Waals surface area contributed by atoms with Crippen LogP contribution < -0.4 is 5.32 Å². The molecule has 2 aromatic carbocycles. The van der Waals surface area contributed by atoms with Crippen molar-refractivity contribution >= 4 is 28.5 Å². The summed E-state index contributed by atoms with van der Waals surface area (Å²) in [6, 6.07) is 17.7. The molecule has 0 fully saturated rings. The molecule has 0 aliphatic rings. The Morgan fingerprint density at radius 3 is 2.50 bits per heavy atom. The molecule has 0 saturated heterocycles. The van der Waals surface area contributed by atoms with Crippen LogP contribution in [-0.2, 0) is 17.9 Å². The van der Waals surface area contributed by atoms with Gasteiger partial charge in [-0.2, -0.15) is 5.10 Å². The molecular weight excluding hydrogens is 426 g/mol. The predicted octanol–water partition coefficient (Wildman–Crippen LogP) is 4.72. The molecule has 4 aromatic rings. The van der Waals surface area contributed by atoms with E-state index in [1.807, 2.05) is 42.8 Å². The van der Waals surface area contributed by atoms with Crippen LogP contribution in [0.3, 0.4) is 0 Å². The van der Waals surface area contributed by atoms with Crippen molar-refractivity contribution < 1.29 is 9.59 Å². The topological polar surface area (TPSA) is 80.1 Å². The lowest BCUT2D eigenvalue weighted by molar-refractivity contribution is -0.129. The van der Waals surface area contributed by atoms with E-state index in [0.717, 1.165) is 16.8 Å². The van der Waals surface area contributed by atoms with Crippen molar-refractivity contribution in [3.63, 3.8) is 0 Å². The van der Waals surface area contributed by atoms with Crippen LogP contribution in [0.15, 0.2) is 60.8 Å². The lowest BCUT2D eigenvalue weighted by atomic mass is 10.1. The third-order valence-electron chi connectivity index (χ3n) is 5.82. The van der Waals surface area contributed by atoms with E-state index in [-0.39, 0.29) is 11.8 Å². The lowest BCUT2D eigenvalue weighted by Crippen LogP contribution is -2.27. The number of aryl methyl sites for hydroxylation is 2. The summed E-state index contributed by atoms with van der Waals surface area (Å²) in [5.74, 6) is -0.198. The van der Waals surface area contributed by atoms with Crippen LogP contribution in [0.5, 0.6) is 0 Å². The first-order valence-corrected chi connectivity index (χ1v) is 11.4. The number of fused-ring (bicyclic) bond motifs is 1. The van der Waals surface area contributed by atoms with Crippen LogP contribution >= 0.6 is 0 Å². The third-order valence-corrected chi connectivity index (χ3v) is 5.82. The summed E-state index contributed by atoms with van der Waals surface area (Å²) in [6.45, 7) is 9.15. The van der Waals surface area contributed by atoms with E-state index in [1.54, 1.807) is 24.1 Å². The summed E-state index contributed by atoms with van der Waals surface area (Å²) in [4.78, 5) is 31.4. The predicted molar refractivity (Wildman–Crippen MR) is 134 cm³/mol. The third kappa shape index (κ3) is 5.14. The Kier molecular flexibility index (Phi) is 6.72. The van der Waals surface area contributed by atoms with E-state index in [2.05, 4.69) is 46.6 Å². The van der Waals surface area contributed by atoms with Crippen LogP contribution in [-0.4, -0.2) is 38.0 Å². The van der Waals surface area contributed by atoms with Crippen LogP contribution in [0.25, 0.3) is 11.0 Å². The largest absolute Gasteiger partial charge is 0.339 e. The molecule has 0 aliphatic heterocycles. The van der Waals surface area contributed by atoms with Crippen molar-refractivity contribution in [2.45, 2.75) is 40.8 Å². The molecule has 2 heterocycles. The number of anilines is 1. The SMILES string of the molecule is CCN(Cc1cccc(NC(=O)c2cc(C)nc3c2cnn3Cc2ccc(C)cc2)c1)C(C)=O. The van der Waals surface area contributed by atoms with Gasteiger partial charge in [-0.3, -0.25) is 9.59 Å². The van der Waals surface area contributed by atoms with E-state index in [4.69, 9.17) is 0 Å². The molecule has 34 heavy (non-hydrogen) atoms. The van der Waals surface area contributed by atoms with Gasteiger partial charge in [-0.05, 0) is 50.1 Å². The fourth-order valence-electron chi connectivity index (χ4n) is 3.95. The normalized spacial score (nSPS) is 10.9. The standard InChI is InChI=1S/C27H29N5O2/c1-5-31(20(4)33)16-22-7-6-8-23(14-22)30-27(34)24-13-19(3)29-26-25(24)15-28-32(26)17-21-11-9-18(2)10-12-21/h6-15H,5,16-17H2,1-4H3,(H,30,34). The fourth-order valence-corrected chi connectivity index (χ4v) is 3.95. The van der Waals surface area contributed by atoms with E-state index < -0.39 is 0 Å². The van der Waals surface area contributed by atoms with Crippen LogP contribution in [0.4, 0.5) is 5.69 Å². The second-order valence-corrected chi connectivity index (χ2v) is 8.52. The highest BCUT2D eigenvalue weighted by molar-refractivity contribution is 6.12. The number of hydrogen-bond donors (Lipinski definition) is 1. The maximum atomic E-state index is 13.2. The zero-order valence-corrected chi connectivity index (χ0v) is 20.0. The Balaban J connectivity index is 1.58. The Labute approximate surface area is 199 Å². The van der Waals surface area contributed by atoms with Crippen molar-refractivity contribution in [2.75, 3.05) is 11.9 Å². The zero-order chi connectivity index (χ0) is 24.2. The number of pyridine rings is 1. The van der Waals surface area contributed by atoms with E-state index >= 15 is 0 Å². The van der Waals surface area contributed by atoms with Gasteiger partial charge in [0.15, 0.2) is 5.65 Å². The van der Waals surface area contributed by atoms with Gasteiger partial charge in [-0.15, -0.1) is 0 Å². The molecule has 7 heteroatoms. The molecular formula is C27H29N5O2. The second-order valence-electron chi connectivity index (χ2n) is 8.52. The number of carbonyl (C=O) groups excluding carboxylic acids is 2. The van der Waals surface area contributed by atoms with Crippen molar-refractivity contribution in [3.8, 4) is 0 Å². The number of nitrogens with zero attached hydrogens (tertiary/aromatic N) is 4. The van der Waals surface area contributed by atoms with Gasteiger partial charge in [-0.1, -0.05) is 42.0 Å². The molecule has 0 spiro atoms. The lowest BCUT2D eigenvalue weighted by Gasteiger charge is -2.19. The van der Waals surface area contributed by atoms with E-state index in [9.17, 15) is 9.59 Å². The van der Waals surface area contributed by atoms with Gasteiger partial charge in [0, 0.05) is 31.4 Å². The van der Waals surface area contributed by atoms with Gasteiger partial charge in [0.05, 0.1) is 23.7 Å². The van der Waals surface area contributed by atoms with E-state index in [0.29, 0.717) is 41.9 Å². The Bertz CT molecular complexity index is 1340. The second kappa shape index (κ2) is 9.87. The Morgan fingerprint density at radius 1 is 1.03 bits per heavy atom. The molecule has 0 aliphatic carbocycles. The molecule has 0 radical (unpaired) electrons. The highest BCUT2D eigenvalue weighted by Gasteiger charge is 2.17. The fraction of sp³-hybridized carbons (Fsp3) is 0.259. The number of nitrogens with one attached hydrogen (secondary N) is 1. The van der Waals surface area contributed by atoms with Crippen molar-refractivity contribution in [3.05, 3.63) is 88.7 Å².